The SMILES string of the molecule is N#CC#C[C+](C#N)C#N. The molecule has 0 saturated heterocycles. The Hall–Kier alpha value is -2.10. The van der Waals surface area contributed by atoms with Crippen LogP contribution < -0.4 is 0 Å². The lowest BCUT2D eigenvalue weighted by atomic mass is 10.2. The van der Waals surface area contributed by atoms with Gasteiger partial charge in [-0.3, -0.25) is 0 Å². The molecule has 0 fully saturated rings. The summed E-state index contributed by atoms with van der Waals surface area (Å²) >= 11 is 0. The van der Waals surface area contributed by atoms with Crippen molar-refractivity contribution in [3.8, 4) is 30.0 Å². The van der Waals surface area contributed by atoms with Crippen molar-refractivity contribution >= 4 is 0 Å². The molecule has 0 rings (SSSR count). The minimum absolute atomic E-state index is 0.239. The molecule has 0 radical (unpaired) electrons. The lowest BCUT2D eigenvalue weighted by Gasteiger charge is -1.60. The molecule has 38 valence electrons. The molecular formula is C6N3+. The van der Waals surface area contributed by atoms with Crippen molar-refractivity contribution in [3.05, 3.63) is 5.92 Å². The highest BCUT2D eigenvalue weighted by Crippen LogP contribution is 1.88. The second-order valence-electron chi connectivity index (χ2n) is 0.960. The van der Waals surface area contributed by atoms with E-state index in [4.69, 9.17) is 15.8 Å². The summed E-state index contributed by atoms with van der Waals surface area (Å²) in [6, 6.07) is 4.52. The quantitative estimate of drug-likeness (QED) is 0.332. The van der Waals surface area contributed by atoms with Gasteiger partial charge >= 0.3 is 5.92 Å². The van der Waals surface area contributed by atoms with Crippen LogP contribution in [0.2, 0.25) is 0 Å². The van der Waals surface area contributed by atoms with Gasteiger partial charge in [-0.2, -0.15) is 15.8 Å². The molecule has 0 aliphatic heterocycles. The summed E-state index contributed by atoms with van der Waals surface area (Å²) in [6.07, 6.45) is 0. The smallest absolute Gasteiger partial charge is 0.166 e. The summed E-state index contributed by atoms with van der Waals surface area (Å²) in [6.45, 7) is 0. The van der Waals surface area contributed by atoms with Crippen LogP contribution in [0.4, 0.5) is 0 Å². The van der Waals surface area contributed by atoms with Crippen LogP contribution in [0, 0.1) is 51.8 Å². The number of rotatable bonds is 0. The fraction of sp³-hybridized carbons (Fsp3) is 0. The van der Waals surface area contributed by atoms with Gasteiger partial charge in [-0.1, -0.05) is 0 Å². The van der Waals surface area contributed by atoms with Gasteiger partial charge in [0.1, 0.15) is 0 Å². The van der Waals surface area contributed by atoms with Crippen molar-refractivity contribution in [1.29, 1.82) is 15.8 Å². The Bertz CT molecular complexity index is 246. The maximum absolute atomic E-state index is 8.03. The zero-order valence-corrected chi connectivity index (χ0v) is 4.34. The van der Waals surface area contributed by atoms with E-state index in [2.05, 4.69) is 5.92 Å². The molecule has 0 aliphatic rings. The second-order valence-corrected chi connectivity index (χ2v) is 0.960. The molecule has 3 heteroatoms. The molecule has 0 heterocycles. The summed E-state index contributed by atoms with van der Waals surface area (Å²) < 4.78 is 0. The van der Waals surface area contributed by atoms with Crippen LogP contribution in [-0.2, 0) is 0 Å². The molecule has 0 saturated carbocycles. The molecule has 0 aromatic heterocycles. The highest BCUT2D eigenvalue weighted by Gasteiger charge is 2.10. The minimum Gasteiger partial charge on any atom is -0.166 e. The molecule has 0 spiro atoms. The molecule has 3 nitrogen and oxygen atoms in total. The minimum atomic E-state index is -0.239. The van der Waals surface area contributed by atoms with Crippen molar-refractivity contribution in [2.45, 2.75) is 0 Å². The Morgan fingerprint density at radius 1 is 1.00 bits per heavy atom. The average molecular weight is 114 g/mol. The largest absolute Gasteiger partial charge is 0.320 e. The van der Waals surface area contributed by atoms with E-state index in [1.807, 2.05) is 5.92 Å². The normalized spacial score (nSPS) is 4.56. The van der Waals surface area contributed by atoms with Gasteiger partial charge in [-0.05, 0) is 0 Å². The Labute approximate surface area is 52.7 Å². The van der Waals surface area contributed by atoms with Gasteiger partial charge in [-0.25, -0.2) is 0 Å². The van der Waals surface area contributed by atoms with E-state index in [0.717, 1.165) is 0 Å². The van der Waals surface area contributed by atoms with E-state index < -0.39 is 0 Å². The molecular weight excluding hydrogens is 114 g/mol. The van der Waals surface area contributed by atoms with E-state index in [-0.39, 0.29) is 5.92 Å². The Balaban J connectivity index is 4.12. The summed E-state index contributed by atoms with van der Waals surface area (Å²) in [5, 5.41) is 23.9. The summed E-state index contributed by atoms with van der Waals surface area (Å²) in [5.74, 6) is 3.74. The van der Waals surface area contributed by atoms with Gasteiger partial charge in [0.2, 0.25) is 18.1 Å². The van der Waals surface area contributed by atoms with E-state index >= 15 is 0 Å². The van der Waals surface area contributed by atoms with Gasteiger partial charge in [-0.15, -0.1) is 0 Å². The van der Waals surface area contributed by atoms with E-state index in [9.17, 15) is 0 Å². The first-order valence-electron chi connectivity index (χ1n) is 1.92. The van der Waals surface area contributed by atoms with Gasteiger partial charge in [0.05, 0.1) is 0 Å². The zero-order chi connectivity index (χ0) is 7.11. The number of hydrogen-bond acceptors (Lipinski definition) is 3. The Morgan fingerprint density at radius 2 is 1.56 bits per heavy atom. The third-order valence-electron chi connectivity index (χ3n) is 0.467. The van der Waals surface area contributed by atoms with Crippen LogP contribution >= 0.6 is 0 Å². The molecule has 0 amide bonds. The standard InChI is InChI=1S/C6N3/c7-3-1-2-6(4-8)5-9/q+1. The van der Waals surface area contributed by atoms with Crippen LogP contribution in [0.15, 0.2) is 0 Å². The van der Waals surface area contributed by atoms with Gasteiger partial charge in [0.15, 0.2) is 5.92 Å². The Morgan fingerprint density at radius 3 is 1.89 bits per heavy atom. The molecule has 0 N–H and O–H groups in total. The van der Waals surface area contributed by atoms with E-state index in [1.165, 1.54) is 18.2 Å². The zero-order valence-electron chi connectivity index (χ0n) is 4.34. The number of hydrogen-bond donors (Lipinski definition) is 0. The van der Waals surface area contributed by atoms with Crippen molar-refractivity contribution in [1.82, 2.24) is 0 Å². The maximum Gasteiger partial charge on any atom is 0.320 e. The second kappa shape index (κ2) is 4.07. The van der Waals surface area contributed by atoms with Crippen LogP contribution in [0.25, 0.3) is 0 Å². The lowest BCUT2D eigenvalue weighted by molar-refractivity contribution is 1.41. The summed E-state index contributed by atoms with van der Waals surface area (Å²) in [5.41, 5.74) is 0. The topological polar surface area (TPSA) is 71.4 Å². The molecule has 0 aromatic rings. The van der Waals surface area contributed by atoms with Crippen molar-refractivity contribution in [3.63, 3.8) is 0 Å². The van der Waals surface area contributed by atoms with E-state index in [0.29, 0.717) is 0 Å². The van der Waals surface area contributed by atoms with Crippen LogP contribution in [-0.4, -0.2) is 0 Å². The van der Waals surface area contributed by atoms with Crippen LogP contribution in [0.3, 0.4) is 0 Å². The van der Waals surface area contributed by atoms with Crippen molar-refractivity contribution < 1.29 is 0 Å². The average Bonchev–Trinajstić information content (AvgIpc) is 1.91. The van der Waals surface area contributed by atoms with Gasteiger partial charge < -0.3 is 0 Å². The van der Waals surface area contributed by atoms with Gasteiger partial charge in [0.25, 0.3) is 6.07 Å². The molecule has 0 aromatic carbocycles. The van der Waals surface area contributed by atoms with Crippen molar-refractivity contribution in [2.75, 3.05) is 0 Å². The fourth-order valence-electron chi connectivity index (χ4n) is 0.171. The predicted molar refractivity (Wildman–Crippen MR) is 27.9 cm³/mol. The van der Waals surface area contributed by atoms with Crippen LogP contribution in [0.1, 0.15) is 0 Å². The Kier molecular flexibility index (Phi) is 3.12. The third kappa shape index (κ3) is 2.58. The first-order valence-corrected chi connectivity index (χ1v) is 1.92. The number of nitriles is 3. The number of nitrogens with zero attached hydrogens (tertiary/aromatic N) is 3. The molecule has 0 bridgehead atoms. The first kappa shape index (κ1) is 6.90. The molecule has 9 heavy (non-hydrogen) atoms. The molecule has 0 aliphatic carbocycles. The van der Waals surface area contributed by atoms with Gasteiger partial charge in [0, 0.05) is 0 Å². The molecule has 0 unspecified atom stereocenters. The highest BCUT2D eigenvalue weighted by molar-refractivity contribution is 5.45. The summed E-state index contributed by atoms with van der Waals surface area (Å²) in [4.78, 5) is 0. The van der Waals surface area contributed by atoms with Crippen LogP contribution in [0.5, 0.6) is 0 Å². The predicted octanol–water partition coefficient (Wildman–Crippen LogP) is 0.135. The van der Waals surface area contributed by atoms with Crippen molar-refractivity contribution in [2.24, 2.45) is 0 Å². The maximum atomic E-state index is 8.03. The highest BCUT2D eigenvalue weighted by atomic mass is 14.3. The lowest BCUT2D eigenvalue weighted by Crippen LogP contribution is -1.80. The summed E-state index contributed by atoms with van der Waals surface area (Å²) in [7, 11) is 0. The first-order chi connectivity index (χ1) is 4.35. The van der Waals surface area contributed by atoms with E-state index in [1.54, 1.807) is 0 Å². The molecule has 0 atom stereocenters. The monoisotopic (exact) mass is 114 g/mol. The third-order valence-corrected chi connectivity index (χ3v) is 0.467. The fourth-order valence-corrected chi connectivity index (χ4v) is 0.171.